The molecule has 0 aromatic heterocycles. The van der Waals surface area contributed by atoms with Gasteiger partial charge < -0.3 is 10.2 Å². The van der Waals surface area contributed by atoms with Crippen molar-refractivity contribution in [3.63, 3.8) is 0 Å². The molecule has 0 unspecified atom stereocenters. The van der Waals surface area contributed by atoms with Crippen molar-refractivity contribution in [1.82, 2.24) is 10.2 Å². The molecule has 0 radical (unpaired) electrons. The molecule has 1 aliphatic heterocycles. The van der Waals surface area contributed by atoms with Gasteiger partial charge in [-0.1, -0.05) is 12.8 Å². The monoisotopic (exact) mass is 334 g/mol. The molecular weight excluding hydrogens is 308 g/mol. The fourth-order valence-electron chi connectivity index (χ4n) is 3.22. The molecule has 0 spiro atoms. The summed E-state index contributed by atoms with van der Waals surface area (Å²) >= 11 is 1.48. The predicted octanol–water partition coefficient (Wildman–Crippen LogP) is 0.897. The summed E-state index contributed by atoms with van der Waals surface area (Å²) in [6.45, 7) is 0.697. The molecule has 2 aliphatic rings. The third-order valence-electron chi connectivity index (χ3n) is 4.74. The van der Waals surface area contributed by atoms with Gasteiger partial charge >= 0.3 is 0 Å². The van der Waals surface area contributed by atoms with Crippen LogP contribution >= 0.6 is 11.8 Å². The lowest BCUT2D eigenvalue weighted by atomic mass is 9.96. The number of hydrogen-bond donors (Lipinski definition) is 1. The fraction of sp³-hybridized carbons (Fsp3) is 0.929. The van der Waals surface area contributed by atoms with E-state index in [2.05, 4.69) is 24.3 Å². The van der Waals surface area contributed by atoms with E-state index in [9.17, 15) is 13.2 Å². The molecule has 1 amide bonds. The maximum Gasteiger partial charge on any atom is 0.230 e. The number of sulfone groups is 1. The second-order valence-corrected chi connectivity index (χ2v) is 9.96. The van der Waals surface area contributed by atoms with Crippen LogP contribution in [-0.2, 0) is 14.6 Å². The summed E-state index contributed by atoms with van der Waals surface area (Å²) in [5.41, 5.74) is 0.108. The van der Waals surface area contributed by atoms with Crippen LogP contribution in [0.25, 0.3) is 0 Å². The number of hydrogen-bond acceptors (Lipinski definition) is 5. The van der Waals surface area contributed by atoms with Gasteiger partial charge in [0.1, 0.15) is 0 Å². The predicted molar refractivity (Wildman–Crippen MR) is 87.4 cm³/mol. The summed E-state index contributed by atoms with van der Waals surface area (Å²) in [7, 11) is 1.31. The molecule has 122 valence electrons. The molecule has 1 heterocycles. The molecule has 2 rings (SSSR count). The second kappa shape index (κ2) is 6.87. The van der Waals surface area contributed by atoms with Crippen molar-refractivity contribution in [2.75, 3.05) is 37.9 Å². The third kappa shape index (κ3) is 4.60. The molecule has 2 fully saturated rings. The van der Waals surface area contributed by atoms with Crippen molar-refractivity contribution in [1.29, 1.82) is 0 Å². The Kier molecular flexibility index (Phi) is 5.59. The minimum absolute atomic E-state index is 0.0254. The average molecular weight is 335 g/mol. The van der Waals surface area contributed by atoms with Crippen LogP contribution in [0.3, 0.4) is 0 Å². The van der Waals surface area contributed by atoms with Gasteiger partial charge in [-0.25, -0.2) is 8.42 Å². The quantitative estimate of drug-likeness (QED) is 0.782. The number of likely N-dealkylation sites (N-methyl/N-ethyl adjacent to an activating group) is 1. The first kappa shape index (κ1) is 17.1. The van der Waals surface area contributed by atoms with E-state index in [0.29, 0.717) is 18.7 Å². The molecule has 1 saturated carbocycles. The highest BCUT2D eigenvalue weighted by atomic mass is 32.2. The van der Waals surface area contributed by atoms with Crippen molar-refractivity contribution in [2.45, 2.75) is 42.9 Å². The summed E-state index contributed by atoms with van der Waals surface area (Å²) in [6.07, 6.45) is 5.40. The van der Waals surface area contributed by atoms with Gasteiger partial charge in [0.15, 0.2) is 9.84 Å². The standard InChI is InChI=1S/C14H26N2O3S2/c1-16(2)14(6-3-4-7-14)11-15-13(17)9-20-12-5-8-21(18,19)10-12/h12H,3-11H2,1-2H3,(H,15,17)/t12-/m1/s1. The van der Waals surface area contributed by atoms with Crippen LogP contribution < -0.4 is 5.32 Å². The van der Waals surface area contributed by atoms with E-state index in [1.807, 2.05) is 0 Å². The molecule has 0 aromatic carbocycles. The Balaban J connectivity index is 1.72. The normalized spacial score (nSPS) is 27.1. The zero-order chi connectivity index (χ0) is 15.5. The molecule has 0 aromatic rings. The Labute approximate surface area is 132 Å². The molecular formula is C14H26N2O3S2. The topological polar surface area (TPSA) is 66.5 Å². The first-order valence-corrected chi connectivity index (χ1v) is 10.5. The van der Waals surface area contributed by atoms with E-state index in [1.165, 1.54) is 24.6 Å². The summed E-state index contributed by atoms with van der Waals surface area (Å²) in [6, 6.07) is 0. The number of amides is 1. The van der Waals surface area contributed by atoms with Crippen LogP contribution in [0, 0.1) is 0 Å². The van der Waals surface area contributed by atoms with Crippen molar-refractivity contribution < 1.29 is 13.2 Å². The van der Waals surface area contributed by atoms with Crippen molar-refractivity contribution in [3.05, 3.63) is 0 Å². The largest absolute Gasteiger partial charge is 0.354 e. The summed E-state index contributed by atoms with van der Waals surface area (Å²) in [5, 5.41) is 3.13. The highest BCUT2D eigenvalue weighted by molar-refractivity contribution is 8.02. The van der Waals surface area contributed by atoms with E-state index >= 15 is 0 Å². The Bertz CT molecular complexity index is 471. The van der Waals surface area contributed by atoms with Gasteiger partial charge in [-0.3, -0.25) is 4.79 Å². The number of carbonyl (C=O) groups excluding carboxylic acids is 1. The third-order valence-corrected chi connectivity index (χ3v) is 8.02. The summed E-state index contributed by atoms with van der Waals surface area (Å²) in [5.74, 6) is 0.893. The maximum atomic E-state index is 12.0. The van der Waals surface area contributed by atoms with Gasteiger partial charge in [0.2, 0.25) is 5.91 Å². The minimum atomic E-state index is -2.85. The fourth-order valence-corrected chi connectivity index (χ4v) is 6.69. The molecule has 21 heavy (non-hydrogen) atoms. The van der Waals surface area contributed by atoms with Crippen molar-refractivity contribution in [2.24, 2.45) is 0 Å². The van der Waals surface area contributed by atoms with Gasteiger partial charge in [-0.15, -0.1) is 11.8 Å². The minimum Gasteiger partial charge on any atom is -0.354 e. The molecule has 7 heteroatoms. The van der Waals surface area contributed by atoms with Crippen LogP contribution in [0.15, 0.2) is 0 Å². The number of nitrogens with zero attached hydrogens (tertiary/aromatic N) is 1. The molecule has 1 saturated heterocycles. The van der Waals surface area contributed by atoms with Gasteiger partial charge in [0, 0.05) is 17.3 Å². The van der Waals surface area contributed by atoms with Crippen LogP contribution in [0.5, 0.6) is 0 Å². The molecule has 1 atom stereocenters. The number of rotatable bonds is 6. The number of nitrogens with one attached hydrogen (secondary N) is 1. The molecule has 1 aliphatic carbocycles. The summed E-state index contributed by atoms with van der Waals surface area (Å²) in [4.78, 5) is 14.2. The van der Waals surface area contributed by atoms with E-state index in [0.717, 1.165) is 12.8 Å². The zero-order valence-corrected chi connectivity index (χ0v) is 14.6. The smallest absolute Gasteiger partial charge is 0.230 e. The molecule has 5 nitrogen and oxygen atoms in total. The van der Waals surface area contributed by atoms with Crippen LogP contribution in [0.2, 0.25) is 0 Å². The van der Waals surface area contributed by atoms with Crippen molar-refractivity contribution in [3.8, 4) is 0 Å². The summed E-state index contributed by atoms with van der Waals surface area (Å²) < 4.78 is 22.8. The second-order valence-electron chi connectivity index (χ2n) is 6.44. The zero-order valence-electron chi connectivity index (χ0n) is 12.9. The van der Waals surface area contributed by atoms with Gasteiger partial charge in [-0.05, 0) is 33.4 Å². The molecule has 0 bridgehead atoms. The maximum absolute atomic E-state index is 12.0. The lowest BCUT2D eigenvalue weighted by molar-refractivity contribution is -0.119. The Morgan fingerprint density at radius 1 is 1.33 bits per heavy atom. The first-order valence-electron chi connectivity index (χ1n) is 7.59. The van der Waals surface area contributed by atoms with Gasteiger partial charge in [0.25, 0.3) is 0 Å². The number of carbonyl (C=O) groups is 1. The Hall–Kier alpha value is -0.270. The highest BCUT2D eigenvalue weighted by Gasteiger charge is 2.36. The van der Waals surface area contributed by atoms with E-state index in [1.54, 1.807) is 0 Å². The van der Waals surface area contributed by atoms with Gasteiger partial charge in [-0.2, -0.15) is 0 Å². The Morgan fingerprint density at radius 2 is 2.00 bits per heavy atom. The SMILES string of the molecule is CN(C)C1(CNC(=O)CS[C@@H]2CCS(=O)(=O)C2)CCCC1. The van der Waals surface area contributed by atoms with Gasteiger partial charge in [0.05, 0.1) is 17.3 Å². The van der Waals surface area contributed by atoms with E-state index < -0.39 is 9.84 Å². The van der Waals surface area contributed by atoms with E-state index in [4.69, 9.17) is 0 Å². The van der Waals surface area contributed by atoms with Crippen molar-refractivity contribution >= 4 is 27.5 Å². The lowest BCUT2D eigenvalue weighted by Crippen LogP contribution is -2.51. The number of thioether (sulfide) groups is 1. The van der Waals surface area contributed by atoms with E-state index in [-0.39, 0.29) is 28.2 Å². The first-order chi connectivity index (χ1) is 9.83. The van der Waals surface area contributed by atoms with Crippen LogP contribution in [0.4, 0.5) is 0 Å². The van der Waals surface area contributed by atoms with Crippen LogP contribution in [-0.4, -0.2) is 67.9 Å². The lowest BCUT2D eigenvalue weighted by Gasteiger charge is -2.36. The Morgan fingerprint density at radius 3 is 2.52 bits per heavy atom. The highest BCUT2D eigenvalue weighted by Crippen LogP contribution is 2.33. The molecule has 1 N–H and O–H groups in total. The average Bonchev–Trinajstić information content (AvgIpc) is 3.01. The van der Waals surface area contributed by atoms with Crippen LogP contribution in [0.1, 0.15) is 32.1 Å².